The highest BCUT2D eigenvalue weighted by molar-refractivity contribution is 6.30. The SMILES string of the molecule is COCC(c1ccc(Cl)cc1)N(C)Cc1cnn(C)c1. The van der Waals surface area contributed by atoms with Crippen LogP contribution >= 0.6 is 11.6 Å². The number of nitrogens with zero attached hydrogens (tertiary/aromatic N) is 3. The Morgan fingerprint density at radius 3 is 2.60 bits per heavy atom. The number of hydrogen-bond acceptors (Lipinski definition) is 3. The van der Waals surface area contributed by atoms with Gasteiger partial charge in [-0.15, -0.1) is 0 Å². The number of ether oxygens (including phenoxy) is 1. The Morgan fingerprint density at radius 2 is 2.05 bits per heavy atom. The van der Waals surface area contributed by atoms with Crippen LogP contribution < -0.4 is 0 Å². The summed E-state index contributed by atoms with van der Waals surface area (Å²) in [6.45, 7) is 1.46. The van der Waals surface area contributed by atoms with E-state index in [0.29, 0.717) is 6.61 Å². The van der Waals surface area contributed by atoms with Crippen LogP contribution in [0.2, 0.25) is 5.02 Å². The lowest BCUT2D eigenvalue weighted by Crippen LogP contribution is -2.27. The van der Waals surface area contributed by atoms with Gasteiger partial charge in [0.2, 0.25) is 0 Å². The highest BCUT2D eigenvalue weighted by Gasteiger charge is 2.17. The molecule has 0 bridgehead atoms. The molecule has 0 spiro atoms. The molecule has 0 fully saturated rings. The fourth-order valence-corrected chi connectivity index (χ4v) is 2.40. The maximum Gasteiger partial charge on any atom is 0.0659 e. The summed E-state index contributed by atoms with van der Waals surface area (Å²) < 4.78 is 7.17. The zero-order valence-corrected chi connectivity index (χ0v) is 12.8. The first-order chi connectivity index (χ1) is 9.60. The van der Waals surface area contributed by atoms with Gasteiger partial charge in [0, 0.05) is 37.5 Å². The van der Waals surface area contributed by atoms with Gasteiger partial charge in [0.25, 0.3) is 0 Å². The Balaban J connectivity index is 2.12. The molecule has 5 heteroatoms. The van der Waals surface area contributed by atoms with Crippen LogP contribution in [0.15, 0.2) is 36.7 Å². The molecule has 0 amide bonds. The van der Waals surface area contributed by atoms with Gasteiger partial charge in [0.05, 0.1) is 18.8 Å². The molecular weight excluding hydrogens is 274 g/mol. The zero-order chi connectivity index (χ0) is 14.5. The average Bonchev–Trinajstić information content (AvgIpc) is 2.82. The lowest BCUT2D eigenvalue weighted by molar-refractivity contribution is 0.102. The van der Waals surface area contributed by atoms with Crippen molar-refractivity contribution in [2.24, 2.45) is 7.05 Å². The molecule has 0 saturated heterocycles. The topological polar surface area (TPSA) is 30.3 Å². The van der Waals surface area contributed by atoms with Crippen LogP contribution in [0.3, 0.4) is 0 Å². The lowest BCUT2D eigenvalue weighted by Gasteiger charge is -2.27. The van der Waals surface area contributed by atoms with Crippen LogP contribution in [0.1, 0.15) is 17.2 Å². The van der Waals surface area contributed by atoms with Crippen molar-refractivity contribution in [1.82, 2.24) is 14.7 Å². The van der Waals surface area contributed by atoms with Crippen LogP contribution in [-0.4, -0.2) is 35.4 Å². The van der Waals surface area contributed by atoms with Crippen molar-refractivity contribution in [3.63, 3.8) is 0 Å². The van der Waals surface area contributed by atoms with Crippen LogP contribution in [0, 0.1) is 0 Å². The van der Waals surface area contributed by atoms with Crippen molar-refractivity contribution >= 4 is 11.6 Å². The summed E-state index contributed by atoms with van der Waals surface area (Å²) in [5.41, 5.74) is 2.38. The molecule has 0 N–H and O–H groups in total. The van der Waals surface area contributed by atoms with E-state index in [9.17, 15) is 0 Å². The van der Waals surface area contributed by atoms with E-state index in [1.165, 1.54) is 11.1 Å². The van der Waals surface area contributed by atoms with Gasteiger partial charge in [-0.25, -0.2) is 0 Å². The van der Waals surface area contributed by atoms with Crippen molar-refractivity contribution in [1.29, 1.82) is 0 Å². The summed E-state index contributed by atoms with van der Waals surface area (Å²) in [7, 11) is 5.74. The molecule has 0 aliphatic heterocycles. The third kappa shape index (κ3) is 3.82. The van der Waals surface area contributed by atoms with E-state index in [2.05, 4.69) is 17.0 Å². The number of rotatable bonds is 6. The molecule has 1 unspecified atom stereocenters. The average molecular weight is 294 g/mol. The normalized spacial score (nSPS) is 12.8. The minimum Gasteiger partial charge on any atom is -0.383 e. The Hall–Kier alpha value is -1.36. The van der Waals surface area contributed by atoms with Gasteiger partial charge in [0.1, 0.15) is 0 Å². The number of methoxy groups -OCH3 is 1. The molecule has 0 aliphatic carbocycles. The summed E-state index contributed by atoms with van der Waals surface area (Å²) in [5, 5.41) is 4.95. The van der Waals surface area contributed by atoms with Gasteiger partial charge in [-0.2, -0.15) is 5.10 Å². The number of benzene rings is 1. The number of halogens is 1. The standard InChI is InChI=1S/C15H20ClN3O/c1-18(9-12-8-17-19(2)10-12)15(11-20-3)13-4-6-14(16)7-5-13/h4-8,10,15H,9,11H2,1-3H3. The first-order valence-corrected chi connectivity index (χ1v) is 6.90. The third-order valence-electron chi connectivity index (χ3n) is 3.30. The van der Waals surface area contributed by atoms with Gasteiger partial charge >= 0.3 is 0 Å². The Morgan fingerprint density at radius 1 is 1.35 bits per heavy atom. The second-order valence-electron chi connectivity index (χ2n) is 4.96. The van der Waals surface area contributed by atoms with E-state index in [4.69, 9.17) is 16.3 Å². The number of aromatic nitrogens is 2. The minimum atomic E-state index is 0.192. The van der Waals surface area contributed by atoms with Crippen molar-refractivity contribution < 1.29 is 4.74 Å². The summed E-state index contributed by atoms with van der Waals surface area (Å²) in [5.74, 6) is 0. The van der Waals surface area contributed by atoms with E-state index in [1.807, 2.05) is 48.4 Å². The third-order valence-corrected chi connectivity index (χ3v) is 3.55. The monoisotopic (exact) mass is 293 g/mol. The van der Waals surface area contributed by atoms with E-state index < -0.39 is 0 Å². The van der Waals surface area contributed by atoms with E-state index >= 15 is 0 Å². The fraction of sp³-hybridized carbons (Fsp3) is 0.400. The van der Waals surface area contributed by atoms with Crippen LogP contribution in [0.4, 0.5) is 0 Å². The highest BCUT2D eigenvalue weighted by Crippen LogP contribution is 2.23. The predicted molar refractivity (Wildman–Crippen MR) is 80.7 cm³/mol. The molecule has 0 saturated carbocycles. The smallest absolute Gasteiger partial charge is 0.0659 e. The number of likely N-dealkylation sites (N-methyl/N-ethyl adjacent to an activating group) is 1. The van der Waals surface area contributed by atoms with Crippen molar-refractivity contribution in [2.45, 2.75) is 12.6 Å². The molecular formula is C15H20ClN3O. The predicted octanol–water partition coefficient (Wildman–Crippen LogP) is 2.89. The molecule has 1 heterocycles. The van der Waals surface area contributed by atoms with Crippen molar-refractivity contribution in [3.8, 4) is 0 Å². The summed E-state index contributed by atoms with van der Waals surface area (Å²) in [6.07, 6.45) is 3.92. The van der Waals surface area contributed by atoms with Crippen LogP contribution in [0.25, 0.3) is 0 Å². The number of aryl methyl sites for hydroxylation is 1. The first-order valence-electron chi connectivity index (χ1n) is 6.52. The maximum absolute atomic E-state index is 5.95. The number of hydrogen-bond donors (Lipinski definition) is 0. The van der Waals surface area contributed by atoms with Gasteiger partial charge in [0.15, 0.2) is 0 Å². The largest absolute Gasteiger partial charge is 0.383 e. The summed E-state index contributed by atoms with van der Waals surface area (Å²) >= 11 is 5.95. The molecule has 1 aromatic heterocycles. The Bertz CT molecular complexity index is 538. The van der Waals surface area contributed by atoms with E-state index in [0.717, 1.165) is 11.6 Å². The van der Waals surface area contributed by atoms with Crippen LogP contribution in [-0.2, 0) is 18.3 Å². The molecule has 0 radical (unpaired) electrons. The maximum atomic E-state index is 5.95. The summed E-state index contributed by atoms with van der Waals surface area (Å²) in [6, 6.07) is 8.12. The lowest BCUT2D eigenvalue weighted by atomic mass is 10.1. The molecule has 1 atom stereocenters. The van der Waals surface area contributed by atoms with Crippen molar-refractivity contribution in [3.05, 3.63) is 52.8 Å². The first kappa shape index (κ1) is 15.0. The molecule has 2 aromatic rings. The zero-order valence-electron chi connectivity index (χ0n) is 12.1. The molecule has 20 heavy (non-hydrogen) atoms. The van der Waals surface area contributed by atoms with Crippen LogP contribution in [0.5, 0.6) is 0 Å². The van der Waals surface area contributed by atoms with E-state index in [1.54, 1.807) is 7.11 Å². The van der Waals surface area contributed by atoms with Gasteiger partial charge < -0.3 is 4.74 Å². The Labute approximate surface area is 124 Å². The fourth-order valence-electron chi connectivity index (χ4n) is 2.27. The second-order valence-corrected chi connectivity index (χ2v) is 5.40. The molecule has 1 aromatic carbocycles. The molecule has 0 aliphatic rings. The summed E-state index contributed by atoms with van der Waals surface area (Å²) in [4.78, 5) is 2.25. The van der Waals surface area contributed by atoms with Crippen molar-refractivity contribution in [2.75, 3.05) is 20.8 Å². The van der Waals surface area contributed by atoms with Gasteiger partial charge in [-0.3, -0.25) is 9.58 Å². The molecule has 108 valence electrons. The second kappa shape index (κ2) is 6.88. The van der Waals surface area contributed by atoms with Gasteiger partial charge in [-0.1, -0.05) is 23.7 Å². The highest BCUT2D eigenvalue weighted by atomic mass is 35.5. The Kier molecular flexibility index (Phi) is 5.17. The van der Waals surface area contributed by atoms with E-state index in [-0.39, 0.29) is 6.04 Å². The molecule has 2 rings (SSSR count). The van der Waals surface area contributed by atoms with Gasteiger partial charge in [-0.05, 0) is 24.7 Å². The molecule has 4 nitrogen and oxygen atoms in total. The quantitative estimate of drug-likeness (QED) is 0.820. The minimum absolute atomic E-state index is 0.192.